The van der Waals surface area contributed by atoms with Gasteiger partial charge in [0.05, 0.1) is 24.8 Å². The fraction of sp³-hybridized carbons (Fsp3) is 0.333. The number of nitrogens with one attached hydrogen (secondary N) is 3. The lowest BCUT2D eigenvalue weighted by Crippen LogP contribution is -2.50. The van der Waals surface area contributed by atoms with Crippen LogP contribution in [0, 0.1) is 5.92 Å². The number of hydrazine groups is 1. The number of carbonyl (C=O) groups is 3. The van der Waals surface area contributed by atoms with Crippen LogP contribution in [-0.4, -0.2) is 40.4 Å². The zero-order valence-electron chi connectivity index (χ0n) is 17.2. The minimum absolute atomic E-state index is 0.0347. The Morgan fingerprint density at radius 1 is 1.23 bits per heavy atom. The smallest absolute Gasteiger partial charge is 0.257 e. The number of amides is 3. The maximum absolute atomic E-state index is 12.4. The van der Waals surface area contributed by atoms with Gasteiger partial charge in [-0.15, -0.1) is 0 Å². The second kappa shape index (κ2) is 10.1. The summed E-state index contributed by atoms with van der Waals surface area (Å²) in [6, 6.07) is 10.1. The summed E-state index contributed by atoms with van der Waals surface area (Å²) in [6.45, 7) is 4.42. The van der Waals surface area contributed by atoms with E-state index in [1.165, 1.54) is 6.26 Å². The van der Waals surface area contributed by atoms with Crippen molar-refractivity contribution in [3.05, 3.63) is 54.0 Å². The molecule has 9 nitrogen and oxygen atoms in total. The van der Waals surface area contributed by atoms with Gasteiger partial charge in [0.1, 0.15) is 11.5 Å². The lowest BCUT2D eigenvalue weighted by molar-refractivity contribution is -0.129. The Kier molecular flexibility index (Phi) is 7.24. The summed E-state index contributed by atoms with van der Waals surface area (Å²) < 4.78 is 10.8. The lowest BCUT2D eigenvalue weighted by Gasteiger charge is -2.16. The van der Waals surface area contributed by atoms with Gasteiger partial charge in [0.25, 0.3) is 5.91 Å². The highest BCUT2D eigenvalue weighted by molar-refractivity contribution is 7.80. The number of hydrogen-bond acceptors (Lipinski definition) is 6. The molecule has 1 fully saturated rings. The number of furan rings is 1. The number of rotatable bonds is 6. The van der Waals surface area contributed by atoms with Crippen LogP contribution in [0.25, 0.3) is 0 Å². The van der Waals surface area contributed by atoms with Crippen LogP contribution in [0.4, 0.5) is 0 Å². The van der Waals surface area contributed by atoms with E-state index in [0.29, 0.717) is 23.6 Å². The van der Waals surface area contributed by atoms with Crippen molar-refractivity contribution in [1.82, 2.24) is 21.1 Å². The van der Waals surface area contributed by atoms with Crippen molar-refractivity contribution in [3.8, 4) is 5.75 Å². The van der Waals surface area contributed by atoms with E-state index in [1.54, 1.807) is 41.3 Å². The molecule has 1 aromatic carbocycles. The number of nitrogens with zero attached hydrogens (tertiary/aromatic N) is 1. The molecule has 3 amide bonds. The number of thiocarbonyl (C=S) groups is 1. The molecule has 3 N–H and O–H groups in total. The highest BCUT2D eigenvalue weighted by Crippen LogP contribution is 2.20. The Hall–Kier alpha value is -3.40. The SMILES string of the molecule is CC(C)Oc1ccc(C(=O)NC(=S)NNC(=O)C2CC(=O)N(Cc3ccco3)C2)cc1. The maximum Gasteiger partial charge on any atom is 0.257 e. The summed E-state index contributed by atoms with van der Waals surface area (Å²) in [5.74, 6) is -0.156. The molecule has 1 aliphatic heterocycles. The molecule has 0 spiro atoms. The molecule has 1 saturated heterocycles. The topological polar surface area (TPSA) is 113 Å². The Morgan fingerprint density at radius 2 is 1.97 bits per heavy atom. The van der Waals surface area contributed by atoms with Gasteiger partial charge in [-0.3, -0.25) is 30.6 Å². The highest BCUT2D eigenvalue weighted by atomic mass is 32.1. The molecular weight excluding hydrogens is 420 g/mol. The molecule has 164 valence electrons. The summed E-state index contributed by atoms with van der Waals surface area (Å²) >= 11 is 5.06. The van der Waals surface area contributed by atoms with Gasteiger partial charge in [0.2, 0.25) is 11.8 Å². The molecule has 1 aromatic heterocycles. The first kappa shape index (κ1) is 22.3. The number of benzene rings is 1. The maximum atomic E-state index is 12.4. The van der Waals surface area contributed by atoms with Crippen molar-refractivity contribution in [1.29, 1.82) is 0 Å². The van der Waals surface area contributed by atoms with Crippen molar-refractivity contribution in [2.75, 3.05) is 6.54 Å². The van der Waals surface area contributed by atoms with Gasteiger partial charge in [-0.25, -0.2) is 0 Å². The second-order valence-electron chi connectivity index (χ2n) is 7.34. The molecule has 0 radical (unpaired) electrons. The van der Waals surface area contributed by atoms with Gasteiger partial charge in [-0.1, -0.05) is 0 Å². The molecule has 31 heavy (non-hydrogen) atoms. The summed E-state index contributed by atoms with van der Waals surface area (Å²) in [6.07, 6.45) is 1.66. The molecular formula is C21H24N4O5S. The minimum Gasteiger partial charge on any atom is -0.491 e. The van der Waals surface area contributed by atoms with Crippen molar-refractivity contribution < 1.29 is 23.5 Å². The third kappa shape index (κ3) is 6.29. The van der Waals surface area contributed by atoms with Crippen LogP contribution in [0.2, 0.25) is 0 Å². The fourth-order valence-corrected chi connectivity index (χ4v) is 3.22. The molecule has 0 saturated carbocycles. The third-order valence-corrected chi connectivity index (χ3v) is 4.73. The normalized spacial score (nSPS) is 15.6. The van der Waals surface area contributed by atoms with E-state index >= 15 is 0 Å². The third-order valence-electron chi connectivity index (χ3n) is 4.53. The number of carbonyl (C=O) groups excluding carboxylic acids is 3. The van der Waals surface area contributed by atoms with E-state index in [0.717, 1.165) is 0 Å². The number of hydrogen-bond donors (Lipinski definition) is 3. The van der Waals surface area contributed by atoms with Crippen LogP contribution < -0.4 is 20.9 Å². The van der Waals surface area contributed by atoms with Crippen LogP contribution in [0.3, 0.4) is 0 Å². The lowest BCUT2D eigenvalue weighted by atomic mass is 10.1. The van der Waals surface area contributed by atoms with Crippen LogP contribution in [0.5, 0.6) is 5.75 Å². The van der Waals surface area contributed by atoms with Gasteiger partial charge in [0.15, 0.2) is 5.11 Å². The quantitative estimate of drug-likeness (QED) is 0.460. The summed E-state index contributed by atoms with van der Waals surface area (Å²) in [5.41, 5.74) is 5.33. The van der Waals surface area contributed by atoms with Crippen molar-refractivity contribution in [2.24, 2.45) is 5.92 Å². The van der Waals surface area contributed by atoms with E-state index in [4.69, 9.17) is 21.4 Å². The van der Waals surface area contributed by atoms with Gasteiger partial charge in [0, 0.05) is 18.5 Å². The van der Waals surface area contributed by atoms with E-state index < -0.39 is 11.8 Å². The molecule has 0 bridgehead atoms. The second-order valence-corrected chi connectivity index (χ2v) is 7.75. The summed E-state index contributed by atoms with van der Waals surface area (Å²) in [7, 11) is 0. The monoisotopic (exact) mass is 444 g/mol. The van der Waals surface area contributed by atoms with Crippen LogP contribution in [0.1, 0.15) is 36.4 Å². The molecule has 2 aromatic rings. The summed E-state index contributed by atoms with van der Waals surface area (Å²) in [5, 5.41) is 2.43. The average molecular weight is 445 g/mol. The van der Waals surface area contributed by atoms with Gasteiger partial charge in [-0.05, 0) is 62.5 Å². The predicted octanol–water partition coefficient (Wildman–Crippen LogP) is 1.75. The Bertz CT molecular complexity index is 943. The molecule has 1 unspecified atom stereocenters. The summed E-state index contributed by atoms with van der Waals surface area (Å²) in [4.78, 5) is 38.3. The largest absolute Gasteiger partial charge is 0.491 e. The molecule has 10 heteroatoms. The number of likely N-dealkylation sites (tertiary alicyclic amines) is 1. The van der Waals surface area contributed by atoms with Gasteiger partial charge >= 0.3 is 0 Å². The van der Waals surface area contributed by atoms with Crippen molar-refractivity contribution in [3.63, 3.8) is 0 Å². The first-order valence-electron chi connectivity index (χ1n) is 9.80. The van der Waals surface area contributed by atoms with Gasteiger partial charge in [-0.2, -0.15) is 0 Å². The van der Waals surface area contributed by atoms with Crippen molar-refractivity contribution in [2.45, 2.75) is 32.9 Å². The van der Waals surface area contributed by atoms with Crippen molar-refractivity contribution >= 4 is 35.1 Å². The van der Waals surface area contributed by atoms with Crippen LogP contribution >= 0.6 is 12.2 Å². The molecule has 3 rings (SSSR count). The van der Waals surface area contributed by atoms with Crippen LogP contribution in [0.15, 0.2) is 47.1 Å². The Balaban J connectivity index is 1.43. The predicted molar refractivity (Wildman–Crippen MR) is 116 cm³/mol. The Morgan fingerprint density at radius 3 is 2.61 bits per heavy atom. The zero-order chi connectivity index (χ0) is 22.4. The molecule has 2 heterocycles. The molecule has 1 atom stereocenters. The Labute approximate surface area is 185 Å². The van der Waals surface area contributed by atoms with E-state index in [-0.39, 0.29) is 36.0 Å². The van der Waals surface area contributed by atoms with E-state index in [2.05, 4.69) is 16.2 Å². The molecule has 0 aliphatic carbocycles. The first-order chi connectivity index (χ1) is 14.8. The van der Waals surface area contributed by atoms with Gasteiger partial charge < -0.3 is 14.1 Å². The molecule has 1 aliphatic rings. The standard InChI is InChI=1S/C21H24N4O5S/c1-13(2)30-16-7-5-14(6-8-16)19(27)22-21(31)24-23-20(28)15-10-18(26)25(11-15)12-17-4-3-9-29-17/h3-9,13,15H,10-12H2,1-2H3,(H,23,28)(H2,22,24,27,31). The highest BCUT2D eigenvalue weighted by Gasteiger charge is 2.34. The van der Waals surface area contributed by atoms with Crippen LogP contribution in [-0.2, 0) is 16.1 Å². The van der Waals surface area contributed by atoms with E-state index in [9.17, 15) is 14.4 Å². The minimum atomic E-state index is -0.526. The number of ether oxygens (including phenoxy) is 1. The fourth-order valence-electron chi connectivity index (χ4n) is 3.08. The first-order valence-corrected chi connectivity index (χ1v) is 10.2. The average Bonchev–Trinajstić information content (AvgIpc) is 3.36. The van der Waals surface area contributed by atoms with E-state index in [1.807, 2.05) is 13.8 Å². The zero-order valence-corrected chi connectivity index (χ0v) is 18.0.